The van der Waals surface area contributed by atoms with Crippen molar-refractivity contribution < 1.29 is 4.79 Å². The Bertz CT molecular complexity index is 464. The Hall–Kier alpha value is -1.55. The maximum absolute atomic E-state index is 12.0. The Morgan fingerprint density at radius 3 is 2.38 bits per heavy atom. The highest BCUT2D eigenvalue weighted by atomic mass is 16.2. The summed E-state index contributed by atoms with van der Waals surface area (Å²) in [5, 5.41) is 6.55. The molecule has 0 aromatic heterocycles. The number of carbonyl (C=O) groups excluding carboxylic acids is 1. The smallest absolute Gasteiger partial charge is 0.237 e. The minimum absolute atomic E-state index is 0.0844. The average Bonchev–Trinajstić information content (AvgIpc) is 3.33. The highest BCUT2D eigenvalue weighted by Crippen LogP contribution is 2.20. The van der Waals surface area contributed by atoms with Crippen LogP contribution in [-0.4, -0.2) is 37.1 Å². The lowest BCUT2D eigenvalue weighted by Crippen LogP contribution is -2.50. The highest BCUT2D eigenvalue weighted by Gasteiger charge is 2.27. The first-order chi connectivity index (χ1) is 10.2. The summed E-state index contributed by atoms with van der Waals surface area (Å²) in [6.45, 7) is 4.08. The number of amides is 1. The SMILES string of the molecule is CC(NC1CCN(c2ccccc2)CC1)C(=O)NC1CC1. The summed E-state index contributed by atoms with van der Waals surface area (Å²) in [4.78, 5) is 14.4. The summed E-state index contributed by atoms with van der Waals surface area (Å²) in [6.07, 6.45) is 4.48. The molecule has 4 heteroatoms. The van der Waals surface area contributed by atoms with Crippen molar-refractivity contribution in [3.8, 4) is 0 Å². The first-order valence-electron chi connectivity index (χ1n) is 8.09. The summed E-state index contributed by atoms with van der Waals surface area (Å²) in [6, 6.07) is 11.4. The van der Waals surface area contributed by atoms with Gasteiger partial charge in [0, 0.05) is 30.9 Å². The third kappa shape index (κ3) is 3.97. The molecule has 114 valence electrons. The Kier molecular flexibility index (Phi) is 4.44. The van der Waals surface area contributed by atoms with Crippen molar-refractivity contribution in [3.05, 3.63) is 30.3 Å². The number of hydrogen-bond acceptors (Lipinski definition) is 3. The maximum Gasteiger partial charge on any atom is 0.237 e. The van der Waals surface area contributed by atoms with Crippen LogP contribution in [0.5, 0.6) is 0 Å². The summed E-state index contributed by atoms with van der Waals surface area (Å²) >= 11 is 0. The largest absolute Gasteiger partial charge is 0.371 e. The molecule has 2 aliphatic rings. The average molecular weight is 287 g/mol. The highest BCUT2D eigenvalue weighted by molar-refractivity contribution is 5.81. The van der Waals surface area contributed by atoms with Crippen molar-refractivity contribution in [2.75, 3.05) is 18.0 Å². The number of benzene rings is 1. The molecule has 1 aliphatic carbocycles. The van der Waals surface area contributed by atoms with Gasteiger partial charge in [-0.2, -0.15) is 0 Å². The molecule has 21 heavy (non-hydrogen) atoms. The number of piperidine rings is 1. The van der Waals surface area contributed by atoms with Gasteiger partial charge in [-0.1, -0.05) is 18.2 Å². The minimum atomic E-state index is -0.0844. The molecule has 1 amide bonds. The molecular formula is C17H25N3O. The number of carbonyl (C=O) groups is 1. The number of hydrogen-bond donors (Lipinski definition) is 2. The standard InChI is InChI=1S/C17H25N3O/c1-13(17(21)19-14-7-8-14)18-15-9-11-20(12-10-15)16-5-3-2-4-6-16/h2-6,13-15,18H,7-12H2,1H3,(H,19,21). The summed E-state index contributed by atoms with van der Waals surface area (Å²) < 4.78 is 0. The van der Waals surface area contributed by atoms with Crippen LogP contribution in [0.1, 0.15) is 32.6 Å². The molecule has 3 rings (SSSR count). The third-order valence-electron chi connectivity index (χ3n) is 4.42. The van der Waals surface area contributed by atoms with Crippen molar-refractivity contribution in [1.82, 2.24) is 10.6 Å². The zero-order valence-electron chi connectivity index (χ0n) is 12.7. The quantitative estimate of drug-likeness (QED) is 0.869. The van der Waals surface area contributed by atoms with Crippen LogP contribution in [-0.2, 0) is 4.79 Å². The van der Waals surface area contributed by atoms with E-state index in [1.807, 2.05) is 6.92 Å². The second-order valence-corrected chi connectivity index (χ2v) is 6.27. The van der Waals surface area contributed by atoms with Gasteiger partial charge in [0.2, 0.25) is 5.91 Å². The van der Waals surface area contributed by atoms with E-state index in [0.717, 1.165) is 38.8 Å². The van der Waals surface area contributed by atoms with Crippen molar-refractivity contribution >= 4 is 11.6 Å². The van der Waals surface area contributed by atoms with Crippen LogP contribution in [0.2, 0.25) is 0 Å². The van der Waals surface area contributed by atoms with Crippen LogP contribution in [0, 0.1) is 0 Å². The molecule has 1 heterocycles. The fourth-order valence-corrected chi connectivity index (χ4v) is 2.93. The fraction of sp³-hybridized carbons (Fsp3) is 0.588. The van der Waals surface area contributed by atoms with E-state index in [4.69, 9.17) is 0 Å². The monoisotopic (exact) mass is 287 g/mol. The lowest BCUT2D eigenvalue weighted by Gasteiger charge is -2.35. The molecule has 0 spiro atoms. The molecule has 1 saturated heterocycles. The molecule has 0 radical (unpaired) electrons. The summed E-state index contributed by atoms with van der Waals surface area (Å²) in [5.41, 5.74) is 1.30. The fourth-order valence-electron chi connectivity index (χ4n) is 2.93. The van der Waals surface area contributed by atoms with Gasteiger partial charge < -0.3 is 15.5 Å². The zero-order valence-corrected chi connectivity index (χ0v) is 12.7. The second-order valence-electron chi connectivity index (χ2n) is 6.27. The van der Waals surface area contributed by atoms with Crippen LogP contribution in [0.15, 0.2) is 30.3 Å². The van der Waals surface area contributed by atoms with E-state index in [9.17, 15) is 4.79 Å². The summed E-state index contributed by atoms with van der Waals surface area (Å²) in [7, 11) is 0. The van der Waals surface area contributed by atoms with Crippen molar-refractivity contribution in [2.45, 2.75) is 50.7 Å². The van der Waals surface area contributed by atoms with E-state index in [2.05, 4.69) is 45.9 Å². The van der Waals surface area contributed by atoms with Gasteiger partial charge >= 0.3 is 0 Å². The molecule has 2 N–H and O–H groups in total. The van der Waals surface area contributed by atoms with E-state index in [0.29, 0.717) is 12.1 Å². The second kappa shape index (κ2) is 6.48. The molecule has 1 unspecified atom stereocenters. The molecule has 1 atom stereocenters. The Balaban J connectivity index is 1.44. The number of nitrogens with zero attached hydrogens (tertiary/aromatic N) is 1. The van der Waals surface area contributed by atoms with Gasteiger partial charge in [-0.3, -0.25) is 4.79 Å². The Morgan fingerprint density at radius 2 is 1.76 bits per heavy atom. The Labute approximate surface area is 126 Å². The predicted molar refractivity (Wildman–Crippen MR) is 85.4 cm³/mol. The van der Waals surface area contributed by atoms with E-state index < -0.39 is 0 Å². The minimum Gasteiger partial charge on any atom is -0.371 e. The van der Waals surface area contributed by atoms with Crippen LogP contribution in [0.25, 0.3) is 0 Å². The van der Waals surface area contributed by atoms with E-state index >= 15 is 0 Å². The van der Waals surface area contributed by atoms with Gasteiger partial charge in [0.15, 0.2) is 0 Å². The number of anilines is 1. The van der Waals surface area contributed by atoms with Gasteiger partial charge in [0.05, 0.1) is 6.04 Å². The molecule has 1 saturated carbocycles. The number of rotatable bonds is 5. The summed E-state index contributed by atoms with van der Waals surface area (Å²) in [5.74, 6) is 0.156. The van der Waals surface area contributed by atoms with Crippen LogP contribution in [0.3, 0.4) is 0 Å². The van der Waals surface area contributed by atoms with Crippen molar-refractivity contribution in [1.29, 1.82) is 0 Å². The molecule has 1 aromatic carbocycles. The predicted octanol–water partition coefficient (Wildman–Crippen LogP) is 1.91. The first kappa shape index (κ1) is 14.4. The lowest BCUT2D eigenvalue weighted by atomic mass is 10.0. The number of nitrogens with one attached hydrogen (secondary N) is 2. The van der Waals surface area contributed by atoms with Gasteiger partial charge in [0.1, 0.15) is 0 Å². The van der Waals surface area contributed by atoms with Gasteiger partial charge in [0.25, 0.3) is 0 Å². The third-order valence-corrected chi connectivity index (χ3v) is 4.42. The Morgan fingerprint density at radius 1 is 1.10 bits per heavy atom. The van der Waals surface area contributed by atoms with Gasteiger partial charge in [-0.15, -0.1) is 0 Å². The maximum atomic E-state index is 12.0. The molecule has 0 bridgehead atoms. The molecule has 2 fully saturated rings. The molecule has 4 nitrogen and oxygen atoms in total. The first-order valence-corrected chi connectivity index (χ1v) is 8.09. The number of para-hydroxylation sites is 1. The van der Waals surface area contributed by atoms with Crippen LogP contribution >= 0.6 is 0 Å². The topological polar surface area (TPSA) is 44.4 Å². The van der Waals surface area contributed by atoms with E-state index in [-0.39, 0.29) is 11.9 Å². The normalized spacial score (nSPS) is 21.1. The van der Waals surface area contributed by atoms with Crippen LogP contribution in [0.4, 0.5) is 5.69 Å². The van der Waals surface area contributed by atoms with Crippen molar-refractivity contribution in [2.24, 2.45) is 0 Å². The lowest BCUT2D eigenvalue weighted by molar-refractivity contribution is -0.123. The van der Waals surface area contributed by atoms with Crippen LogP contribution < -0.4 is 15.5 Å². The zero-order chi connectivity index (χ0) is 14.7. The van der Waals surface area contributed by atoms with Gasteiger partial charge in [-0.05, 0) is 44.7 Å². The van der Waals surface area contributed by atoms with E-state index in [1.54, 1.807) is 0 Å². The molecule has 1 aromatic rings. The van der Waals surface area contributed by atoms with E-state index in [1.165, 1.54) is 5.69 Å². The van der Waals surface area contributed by atoms with Crippen molar-refractivity contribution in [3.63, 3.8) is 0 Å². The van der Waals surface area contributed by atoms with Gasteiger partial charge in [-0.25, -0.2) is 0 Å². The molecular weight excluding hydrogens is 262 g/mol. The molecule has 1 aliphatic heterocycles.